The fraction of sp³-hybridized carbons (Fsp3) is 0.688. The third kappa shape index (κ3) is 5.67. The van der Waals surface area contributed by atoms with Crippen LogP contribution in [-0.2, 0) is 21.1 Å². The minimum absolute atomic E-state index is 0.195. The van der Waals surface area contributed by atoms with Gasteiger partial charge in [-0.15, -0.1) is 11.8 Å². The number of nitrogen functional groups attached to an aromatic ring is 1. The molecule has 168 valence electrons. The number of imidazole rings is 1. The number of rotatable bonds is 10. The van der Waals surface area contributed by atoms with Crippen LogP contribution in [0.4, 0.5) is 5.82 Å². The molecule has 0 aromatic carbocycles. The molecule has 0 unspecified atom stereocenters. The quantitative estimate of drug-likeness (QED) is 0.176. The highest BCUT2D eigenvalue weighted by atomic mass is 32.5. The van der Waals surface area contributed by atoms with E-state index in [-0.39, 0.29) is 5.82 Å². The Labute approximate surface area is 182 Å². The van der Waals surface area contributed by atoms with E-state index in [0.717, 1.165) is 25.0 Å². The molecule has 2 aromatic rings. The number of unbranched alkanes of at least 4 members (excludes halogenated alkanes) is 3. The second-order valence-corrected chi connectivity index (χ2v) is 10.5. The first kappa shape index (κ1) is 23.8. The molecule has 1 aliphatic rings. The molecule has 0 aliphatic carbocycles. The van der Waals surface area contributed by atoms with E-state index < -0.39 is 37.9 Å². The van der Waals surface area contributed by atoms with Crippen molar-refractivity contribution in [2.24, 2.45) is 0 Å². The monoisotopic (exact) mass is 477 g/mol. The zero-order valence-corrected chi connectivity index (χ0v) is 18.8. The van der Waals surface area contributed by atoms with Crippen LogP contribution in [0.2, 0.25) is 0 Å². The van der Waals surface area contributed by atoms with Crippen molar-refractivity contribution in [2.75, 3.05) is 18.1 Å². The summed E-state index contributed by atoms with van der Waals surface area (Å²) in [6.07, 6.45) is 0.945. The largest absolute Gasteiger partial charge is 0.812 e. The van der Waals surface area contributed by atoms with E-state index in [0.29, 0.717) is 16.3 Å². The van der Waals surface area contributed by atoms with E-state index in [1.54, 1.807) is 0 Å². The first-order valence-corrected chi connectivity index (χ1v) is 13.1. The predicted molar refractivity (Wildman–Crippen MR) is 111 cm³/mol. The van der Waals surface area contributed by atoms with Gasteiger partial charge in [0.2, 0.25) is 0 Å². The Bertz CT molecular complexity index is 912. The van der Waals surface area contributed by atoms with Gasteiger partial charge in [0, 0.05) is 5.75 Å². The molecule has 1 fully saturated rings. The van der Waals surface area contributed by atoms with Gasteiger partial charge in [-0.25, -0.2) is 15.0 Å². The van der Waals surface area contributed by atoms with Crippen molar-refractivity contribution in [2.45, 2.75) is 62.3 Å². The van der Waals surface area contributed by atoms with Crippen molar-refractivity contribution in [3.8, 4) is 0 Å². The lowest BCUT2D eigenvalue weighted by atomic mass is 10.1. The highest BCUT2D eigenvalue weighted by molar-refractivity contribution is 8.05. The zero-order chi connectivity index (χ0) is 21.9. The average molecular weight is 478 g/mol. The molecular formula is C16H24N5O6PS2-2. The molecule has 4 atom stereocenters. The van der Waals surface area contributed by atoms with Crippen molar-refractivity contribution in [3.63, 3.8) is 0 Å². The van der Waals surface area contributed by atoms with E-state index in [1.807, 2.05) is 0 Å². The number of thioether (sulfide) groups is 1. The summed E-state index contributed by atoms with van der Waals surface area (Å²) in [5.74, 6) is 1.04. The highest BCUT2D eigenvalue weighted by Crippen LogP contribution is 2.35. The van der Waals surface area contributed by atoms with E-state index >= 15 is 0 Å². The summed E-state index contributed by atoms with van der Waals surface area (Å²) < 4.78 is 11.6. The summed E-state index contributed by atoms with van der Waals surface area (Å²) in [5.41, 5.74) is 6.70. The summed E-state index contributed by atoms with van der Waals surface area (Å²) in [7, 11) is 0. The molecule has 3 heterocycles. The molecule has 30 heavy (non-hydrogen) atoms. The van der Waals surface area contributed by atoms with Gasteiger partial charge in [-0.2, -0.15) is 0 Å². The third-order valence-corrected chi connectivity index (χ3v) is 6.38. The summed E-state index contributed by atoms with van der Waals surface area (Å²) in [4.78, 5) is 35.0. The second-order valence-electron chi connectivity index (χ2n) is 6.91. The number of ether oxygens (including phenoxy) is 1. The molecular weight excluding hydrogens is 453 g/mol. The van der Waals surface area contributed by atoms with Gasteiger partial charge < -0.3 is 35.0 Å². The maximum atomic E-state index is 11.1. The Hall–Kier alpha value is -0.890. The summed E-state index contributed by atoms with van der Waals surface area (Å²) >= 11 is 5.65. The van der Waals surface area contributed by atoms with Crippen LogP contribution in [-0.4, -0.2) is 60.4 Å². The van der Waals surface area contributed by atoms with Crippen LogP contribution in [0.15, 0.2) is 11.5 Å². The van der Waals surface area contributed by atoms with Crippen molar-refractivity contribution in [1.82, 2.24) is 19.5 Å². The normalized spacial score (nSPS) is 24.7. The van der Waals surface area contributed by atoms with Gasteiger partial charge in [-0.05, 0) is 6.42 Å². The number of fused-ring (bicyclic) bond motifs is 1. The molecule has 1 saturated heterocycles. The lowest BCUT2D eigenvalue weighted by molar-refractivity contribution is -0.322. The molecule has 1 aliphatic heterocycles. The molecule has 0 bridgehead atoms. The van der Waals surface area contributed by atoms with Crippen LogP contribution in [0, 0.1) is 0 Å². The number of hydrogen-bond donors (Lipinski definition) is 3. The Balaban J connectivity index is 1.77. The lowest BCUT2D eigenvalue weighted by Crippen LogP contribution is -2.34. The Morgan fingerprint density at radius 3 is 2.77 bits per heavy atom. The van der Waals surface area contributed by atoms with Gasteiger partial charge in [0.25, 0.3) is 0 Å². The van der Waals surface area contributed by atoms with Crippen molar-refractivity contribution in [1.29, 1.82) is 0 Å². The minimum atomic E-state index is -4.41. The zero-order valence-electron chi connectivity index (χ0n) is 16.3. The SMILES string of the molecule is CCCCCCSc1nc(N)c2ncn([C@@H]3O[C@H](COP([O-])([O-])=S)[C@@H](O)[C@H]3O)c2n1. The van der Waals surface area contributed by atoms with E-state index in [1.165, 1.54) is 29.1 Å². The molecule has 3 rings (SSSR count). The Kier molecular flexibility index (Phi) is 8.04. The number of nitrogens with zero attached hydrogens (tertiary/aromatic N) is 4. The summed E-state index contributed by atoms with van der Waals surface area (Å²) in [6, 6.07) is 0. The average Bonchev–Trinajstić information content (AvgIpc) is 3.21. The number of hydrogen-bond acceptors (Lipinski definition) is 12. The molecule has 2 aromatic heterocycles. The molecule has 0 radical (unpaired) electrons. The van der Waals surface area contributed by atoms with Gasteiger partial charge in [-0.3, -0.25) is 4.57 Å². The van der Waals surface area contributed by atoms with Crippen LogP contribution in [0.1, 0.15) is 38.8 Å². The van der Waals surface area contributed by atoms with Gasteiger partial charge in [0.15, 0.2) is 22.8 Å². The van der Waals surface area contributed by atoms with Gasteiger partial charge in [-0.1, -0.05) is 44.7 Å². The van der Waals surface area contributed by atoms with Crippen molar-refractivity contribution >= 4 is 47.3 Å². The Morgan fingerprint density at radius 2 is 2.07 bits per heavy atom. The molecule has 11 nitrogen and oxygen atoms in total. The fourth-order valence-corrected chi connectivity index (χ4v) is 4.48. The van der Waals surface area contributed by atoms with Crippen molar-refractivity contribution in [3.05, 3.63) is 6.33 Å². The number of anilines is 1. The van der Waals surface area contributed by atoms with Gasteiger partial charge in [0.1, 0.15) is 23.8 Å². The number of aliphatic hydroxyl groups is 2. The van der Waals surface area contributed by atoms with Crippen molar-refractivity contribution < 1.29 is 29.3 Å². The highest BCUT2D eigenvalue weighted by Gasteiger charge is 2.44. The van der Waals surface area contributed by atoms with E-state index in [2.05, 4.69) is 38.2 Å². The summed E-state index contributed by atoms with van der Waals surface area (Å²) in [6.45, 7) is -2.78. The number of nitrogens with two attached hydrogens (primary N) is 1. The molecule has 0 amide bonds. The molecule has 0 saturated carbocycles. The van der Waals surface area contributed by atoms with Crippen LogP contribution >= 0.6 is 18.5 Å². The second kappa shape index (κ2) is 10.2. The van der Waals surface area contributed by atoms with Crippen LogP contribution in [0.25, 0.3) is 11.2 Å². The van der Waals surface area contributed by atoms with E-state index in [4.69, 9.17) is 10.5 Å². The first-order valence-electron chi connectivity index (χ1n) is 9.52. The summed E-state index contributed by atoms with van der Waals surface area (Å²) in [5, 5.41) is 21.1. The van der Waals surface area contributed by atoms with Gasteiger partial charge >= 0.3 is 0 Å². The number of aliphatic hydroxyl groups excluding tert-OH is 2. The predicted octanol–water partition coefficient (Wildman–Crippen LogP) is -0.338. The standard InChI is InChI=1S/C16H26N5O6PS2/c1-2-3-4-5-6-30-16-19-13(17)10-14(20-16)21(8-18-10)15-12(23)11(22)9(27-15)7-26-28(24,25)29/h8-9,11-12,15,22-23H,2-7H2,1H3,(H2,17,19,20)(H2,24,25,29)/p-2/t9-,11-,12-,15-/m1/s1. The minimum Gasteiger partial charge on any atom is -0.812 e. The molecule has 4 N–H and O–H groups in total. The topological polar surface area (TPSA) is 175 Å². The first-order chi connectivity index (χ1) is 14.2. The molecule has 14 heteroatoms. The smallest absolute Gasteiger partial charge is 0.191 e. The lowest BCUT2D eigenvalue weighted by Gasteiger charge is -2.35. The van der Waals surface area contributed by atoms with Gasteiger partial charge in [0.05, 0.1) is 12.9 Å². The maximum Gasteiger partial charge on any atom is 0.191 e. The van der Waals surface area contributed by atoms with Crippen LogP contribution in [0.5, 0.6) is 0 Å². The Morgan fingerprint density at radius 1 is 1.30 bits per heavy atom. The van der Waals surface area contributed by atoms with Crippen LogP contribution < -0.4 is 15.5 Å². The number of aromatic nitrogens is 4. The maximum absolute atomic E-state index is 11.1. The van der Waals surface area contributed by atoms with Crippen LogP contribution in [0.3, 0.4) is 0 Å². The third-order valence-electron chi connectivity index (χ3n) is 4.67. The fourth-order valence-electron chi connectivity index (χ4n) is 3.12. The van der Waals surface area contributed by atoms with E-state index in [9.17, 15) is 20.0 Å². The molecule has 0 spiro atoms.